The van der Waals surface area contributed by atoms with Gasteiger partial charge < -0.3 is 30.3 Å². The topological polar surface area (TPSA) is 165 Å². The van der Waals surface area contributed by atoms with E-state index in [1.165, 1.54) is 0 Å². The Hall–Kier alpha value is -4.60. The Balaban J connectivity index is 1.60. The molecule has 186 valence electrons. The number of carboxylic acids is 1. The molecular formula is C26H25N3O7. The highest BCUT2D eigenvalue weighted by Crippen LogP contribution is 2.34. The number of aryl methyl sites for hydroxylation is 1. The van der Waals surface area contributed by atoms with Crippen molar-refractivity contribution in [3.63, 3.8) is 0 Å². The van der Waals surface area contributed by atoms with Crippen LogP contribution in [0.4, 0.5) is 4.79 Å². The van der Waals surface area contributed by atoms with E-state index in [4.69, 9.17) is 14.6 Å². The van der Waals surface area contributed by atoms with Crippen molar-refractivity contribution in [1.82, 2.24) is 10.6 Å². The van der Waals surface area contributed by atoms with Gasteiger partial charge in [-0.15, -0.1) is 0 Å². The van der Waals surface area contributed by atoms with Crippen LogP contribution in [0.15, 0.2) is 62.4 Å². The smallest absolute Gasteiger partial charge is 0.340 e. The minimum atomic E-state index is -1.22. The quantitative estimate of drug-likeness (QED) is 0.206. The summed E-state index contributed by atoms with van der Waals surface area (Å²) in [5, 5.41) is 15.7. The molecule has 0 saturated heterocycles. The zero-order valence-electron chi connectivity index (χ0n) is 19.5. The minimum absolute atomic E-state index is 0.0768. The predicted molar refractivity (Wildman–Crippen MR) is 133 cm³/mol. The number of amides is 3. The summed E-state index contributed by atoms with van der Waals surface area (Å²) in [4.78, 5) is 47.7. The van der Waals surface area contributed by atoms with Crippen LogP contribution in [-0.4, -0.2) is 35.6 Å². The van der Waals surface area contributed by atoms with Gasteiger partial charge in [0.25, 0.3) is 0 Å². The fraction of sp³-hybridized carbons (Fsp3) is 0.231. The highest BCUT2D eigenvalue weighted by molar-refractivity contribution is 6.02. The van der Waals surface area contributed by atoms with Crippen LogP contribution < -0.4 is 22.0 Å². The highest BCUT2D eigenvalue weighted by atomic mass is 16.4. The SMILES string of the molecule is Cc1c(CC(=O)N[C@@H](CCCNC(N)=O)C(=O)O)c(=O)oc2cc3occ(-c4ccccc4)c3cc12. The van der Waals surface area contributed by atoms with Crippen molar-refractivity contribution in [3.8, 4) is 11.1 Å². The predicted octanol–water partition coefficient (Wildman–Crippen LogP) is 3.08. The molecule has 0 spiro atoms. The van der Waals surface area contributed by atoms with E-state index in [1.54, 1.807) is 19.3 Å². The van der Waals surface area contributed by atoms with E-state index in [2.05, 4.69) is 10.6 Å². The van der Waals surface area contributed by atoms with Gasteiger partial charge in [0.05, 0.1) is 18.2 Å². The Morgan fingerprint density at radius 1 is 1.08 bits per heavy atom. The fourth-order valence-corrected chi connectivity index (χ4v) is 4.14. The Kier molecular flexibility index (Phi) is 7.05. The molecule has 0 radical (unpaired) electrons. The lowest BCUT2D eigenvalue weighted by Gasteiger charge is -2.15. The first-order valence-electron chi connectivity index (χ1n) is 11.3. The molecule has 1 atom stereocenters. The molecule has 0 aliphatic carbocycles. The van der Waals surface area contributed by atoms with Gasteiger partial charge in [0.2, 0.25) is 5.91 Å². The number of nitrogens with two attached hydrogens (primary N) is 1. The van der Waals surface area contributed by atoms with Crippen molar-refractivity contribution in [1.29, 1.82) is 0 Å². The van der Waals surface area contributed by atoms with Crippen molar-refractivity contribution < 1.29 is 28.3 Å². The summed E-state index contributed by atoms with van der Waals surface area (Å²) in [7, 11) is 0. The number of hydrogen-bond acceptors (Lipinski definition) is 6. The molecule has 10 heteroatoms. The Morgan fingerprint density at radius 3 is 2.53 bits per heavy atom. The molecule has 0 aliphatic heterocycles. The molecule has 0 aliphatic rings. The Morgan fingerprint density at radius 2 is 1.83 bits per heavy atom. The Labute approximate surface area is 205 Å². The van der Waals surface area contributed by atoms with E-state index in [0.29, 0.717) is 28.5 Å². The summed E-state index contributed by atoms with van der Waals surface area (Å²) in [5.74, 6) is -1.85. The number of aliphatic carboxylic acids is 1. The molecule has 0 fully saturated rings. The number of carbonyl (C=O) groups is 3. The molecule has 4 rings (SSSR count). The number of furan rings is 1. The van der Waals surface area contributed by atoms with Crippen LogP contribution in [0.2, 0.25) is 0 Å². The summed E-state index contributed by atoms with van der Waals surface area (Å²) in [5.41, 5.74) is 7.75. The van der Waals surface area contributed by atoms with Crippen molar-refractivity contribution in [2.24, 2.45) is 5.73 Å². The summed E-state index contributed by atoms with van der Waals surface area (Å²) in [6, 6.07) is 11.3. The number of benzene rings is 2. The van der Waals surface area contributed by atoms with Gasteiger partial charge in [-0.1, -0.05) is 30.3 Å². The summed E-state index contributed by atoms with van der Waals surface area (Å²) < 4.78 is 11.2. The third kappa shape index (κ3) is 5.22. The van der Waals surface area contributed by atoms with Crippen molar-refractivity contribution in [2.75, 3.05) is 6.54 Å². The normalized spacial score (nSPS) is 11.9. The van der Waals surface area contributed by atoms with Crippen LogP contribution >= 0.6 is 0 Å². The maximum atomic E-state index is 12.7. The van der Waals surface area contributed by atoms with E-state index in [9.17, 15) is 24.3 Å². The van der Waals surface area contributed by atoms with E-state index >= 15 is 0 Å². The zero-order valence-corrected chi connectivity index (χ0v) is 19.5. The summed E-state index contributed by atoms with van der Waals surface area (Å²) in [6.07, 6.45) is 1.67. The maximum Gasteiger partial charge on any atom is 0.340 e. The summed E-state index contributed by atoms with van der Waals surface area (Å²) in [6.45, 7) is 1.90. The van der Waals surface area contributed by atoms with Gasteiger partial charge in [-0.2, -0.15) is 0 Å². The van der Waals surface area contributed by atoms with Gasteiger partial charge in [0.15, 0.2) is 0 Å². The number of rotatable bonds is 9. The third-order valence-electron chi connectivity index (χ3n) is 6.01. The molecular weight excluding hydrogens is 466 g/mol. The van der Waals surface area contributed by atoms with Crippen LogP contribution in [0.5, 0.6) is 0 Å². The largest absolute Gasteiger partial charge is 0.480 e. The number of nitrogens with one attached hydrogen (secondary N) is 2. The molecule has 2 aromatic carbocycles. The number of hydrogen-bond donors (Lipinski definition) is 4. The van der Waals surface area contributed by atoms with Crippen LogP contribution in [0, 0.1) is 6.92 Å². The van der Waals surface area contributed by atoms with Crippen molar-refractivity contribution in [2.45, 2.75) is 32.2 Å². The Bertz CT molecular complexity index is 1510. The molecule has 4 aromatic rings. The van der Waals surface area contributed by atoms with E-state index < -0.39 is 29.6 Å². The van der Waals surface area contributed by atoms with Gasteiger partial charge in [-0.25, -0.2) is 14.4 Å². The lowest BCUT2D eigenvalue weighted by atomic mass is 9.99. The standard InChI is InChI=1S/C26H25N3O7/c1-14-16-10-18-19(15-6-3-2-4-7-15)13-35-21(18)12-22(16)36-25(33)17(14)11-23(30)29-20(24(31)32)8-5-9-28-26(27)34/h2-4,6-7,10,12-13,20H,5,8-9,11H2,1H3,(H,29,30)(H,31,32)(H3,27,28,34)/t20-/m0/s1. The van der Waals surface area contributed by atoms with Crippen LogP contribution in [-0.2, 0) is 16.0 Å². The average molecular weight is 492 g/mol. The van der Waals surface area contributed by atoms with Crippen LogP contribution in [0.25, 0.3) is 33.1 Å². The van der Waals surface area contributed by atoms with Gasteiger partial charge in [-0.05, 0) is 37.0 Å². The van der Waals surface area contributed by atoms with E-state index in [1.807, 2.05) is 36.4 Å². The first-order chi connectivity index (χ1) is 17.2. The molecule has 36 heavy (non-hydrogen) atoms. The molecule has 0 saturated carbocycles. The number of carboxylic acid groups (broad SMARTS) is 1. The average Bonchev–Trinajstić information content (AvgIpc) is 3.25. The van der Waals surface area contributed by atoms with Crippen LogP contribution in [0.1, 0.15) is 24.0 Å². The van der Waals surface area contributed by atoms with Gasteiger partial charge in [0, 0.05) is 28.9 Å². The summed E-state index contributed by atoms with van der Waals surface area (Å²) >= 11 is 0. The second kappa shape index (κ2) is 10.3. The number of fused-ring (bicyclic) bond motifs is 2. The zero-order chi connectivity index (χ0) is 25.8. The lowest BCUT2D eigenvalue weighted by Crippen LogP contribution is -2.42. The van der Waals surface area contributed by atoms with Crippen molar-refractivity contribution in [3.05, 3.63) is 70.3 Å². The monoisotopic (exact) mass is 491 g/mol. The van der Waals surface area contributed by atoms with Gasteiger partial charge in [0.1, 0.15) is 17.2 Å². The van der Waals surface area contributed by atoms with E-state index in [-0.39, 0.29) is 24.9 Å². The third-order valence-corrected chi connectivity index (χ3v) is 6.01. The number of urea groups is 1. The lowest BCUT2D eigenvalue weighted by molar-refractivity contribution is -0.141. The molecule has 5 N–H and O–H groups in total. The van der Waals surface area contributed by atoms with Crippen molar-refractivity contribution >= 4 is 39.8 Å². The first-order valence-corrected chi connectivity index (χ1v) is 11.3. The van der Waals surface area contributed by atoms with Gasteiger partial charge >= 0.3 is 17.6 Å². The molecule has 0 unspecified atom stereocenters. The first kappa shape index (κ1) is 24.5. The number of primary amides is 1. The molecule has 3 amide bonds. The molecule has 2 heterocycles. The number of carbonyl (C=O) groups excluding carboxylic acids is 2. The van der Waals surface area contributed by atoms with E-state index in [0.717, 1.165) is 16.5 Å². The molecule has 10 nitrogen and oxygen atoms in total. The second-order valence-corrected chi connectivity index (χ2v) is 8.42. The maximum absolute atomic E-state index is 12.7. The second-order valence-electron chi connectivity index (χ2n) is 8.42. The highest BCUT2D eigenvalue weighted by Gasteiger charge is 2.22. The molecule has 0 bridgehead atoms. The van der Waals surface area contributed by atoms with Crippen LogP contribution in [0.3, 0.4) is 0 Å². The fourth-order valence-electron chi connectivity index (χ4n) is 4.14. The molecule has 2 aromatic heterocycles. The van der Waals surface area contributed by atoms with Gasteiger partial charge in [-0.3, -0.25) is 4.79 Å². The minimum Gasteiger partial charge on any atom is -0.480 e.